The van der Waals surface area contributed by atoms with Crippen LogP contribution >= 0.6 is 46.5 Å². The second-order valence-corrected chi connectivity index (χ2v) is 9.87. The van der Waals surface area contributed by atoms with Crippen LogP contribution in [0, 0.1) is 10.1 Å². The Bertz CT molecular complexity index is 1120. The number of benzene rings is 2. The molecule has 1 aromatic heterocycles. The second-order valence-electron chi connectivity index (χ2n) is 6.04. The van der Waals surface area contributed by atoms with Gasteiger partial charge in [-0.05, 0) is 18.6 Å². The first-order valence-corrected chi connectivity index (χ1v) is 12.0. The van der Waals surface area contributed by atoms with Crippen molar-refractivity contribution in [1.82, 2.24) is 15.6 Å². The van der Waals surface area contributed by atoms with E-state index in [-0.39, 0.29) is 17.3 Å². The van der Waals surface area contributed by atoms with Crippen molar-refractivity contribution < 1.29 is 9.72 Å². The minimum Gasteiger partial charge on any atom is -0.272 e. The van der Waals surface area contributed by atoms with Crippen molar-refractivity contribution >= 4 is 63.8 Å². The zero-order chi connectivity index (χ0) is 22.2. The normalized spacial score (nSPS) is 11.4. The molecular weight excluding hydrogens is 478 g/mol. The van der Waals surface area contributed by atoms with Crippen molar-refractivity contribution in [2.24, 2.45) is 5.10 Å². The molecule has 3 aromatic rings. The Labute approximate surface area is 195 Å². The lowest BCUT2D eigenvalue weighted by Crippen LogP contribution is -2.21. The molecule has 0 radical (unpaired) electrons. The summed E-state index contributed by atoms with van der Waals surface area (Å²) in [5.74, 6) is 0.496. The van der Waals surface area contributed by atoms with E-state index in [9.17, 15) is 14.9 Å². The molecule has 0 fully saturated rings. The first kappa shape index (κ1) is 23.2. The van der Waals surface area contributed by atoms with Crippen LogP contribution in [0.4, 0.5) is 5.69 Å². The maximum atomic E-state index is 12.1. The van der Waals surface area contributed by atoms with Crippen LogP contribution in [-0.4, -0.2) is 32.5 Å². The van der Waals surface area contributed by atoms with Crippen LogP contribution in [0.5, 0.6) is 0 Å². The molecule has 0 aliphatic rings. The number of carbonyl (C=O) groups excluding carboxylic acids is 1. The summed E-state index contributed by atoms with van der Waals surface area (Å²) in [6.07, 6.45) is 0. The van der Waals surface area contributed by atoms with Crippen LogP contribution < -0.4 is 5.43 Å². The molecule has 0 atom stereocenters. The predicted octanol–water partition coefficient (Wildman–Crippen LogP) is 5.02. The van der Waals surface area contributed by atoms with E-state index in [4.69, 9.17) is 11.6 Å². The molecule has 0 aliphatic heterocycles. The fourth-order valence-corrected chi connectivity index (χ4v) is 5.38. The number of amides is 1. The topological polar surface area (TPSA) is 110 Å². The fraction of sp³-hybridized carbons (Fsp3) is 0.158. The van der Waals surface area contributed by atoms with Gasteiger partial charge >= 0.3 is 0 Å². The molecule has 31 heavy (non-hydrogen) atoms. The van der Waals surface area contributed by atoms with Gasteiger partial charge in [0.25, 0.3) is 11.6 Å². The number of rotatable bonds is 9. The average molecular weight is 494 g/mol. The quantitative estimate of drug-likeness (QED) is 0.193. The molecule has 0 aliphatic carbocycles. The van der Waals surface area contributed by atoms with E-state index in [1.165, 1.54) is 47.0 Å². The van der Waals surface area contributed by atoms with E-state index in [0.29, 0.717) is 26.4 Å². The molecule has 160 valence electrons. The molecule has 0 saturated carbocycles. The van der Waals surface area contributed by atoms with Crippen molar-refractivity contribution in [3.05, 3.63) is 74.8 Å². The van der Waals surface area contributed by atoms with E-state index in [2.05, 4.69) is 20.7 Å². The number of thioether (sulfide) groups is 2. The van der Waals surface area contributed by atoms with Gasteiger partial charge in [-0.1, -0.05) is 76.8 Å². The molecule has 12 heteroatoms. The van der Waals surface area contributed by atoms with Gasteiger partial charge in [-0.15, -0.1) is 10.2 Å². The summed E-state index contributed by atoms with van der Waals surface area (Å²) in [7, 11) is 0. The molecule has 2 aromatic carbocycles. The lowest BCUT2D eigenvalue weighted by molar-refractivity contribution is -0.384. The van der Waals surface area contributed by atoms with Crippen molar-refractivity contribution in [1.29, 1.82) is 0 Å². The number of nitrogens with one attached hydrogen (secondary N) is 1. The van der Waals surface area contributed by atoms with Gasteiger partial charge < -0.3 is 0 Å². The van der Waals surface area contributed by atoms with Crippen LogP contribution in [0.25, 0.3) is 0 Å². The van der Waals surface area contributed by atoms with E-state index in [1.54, 1.807) is 19.1 Å². The Morgan fingerprint density at radius 2 is 1.94 bits per heavy atom. The Morgan fingerprint density at radius 3 is 2.68 bits per heavy atom. The monoisotopic (exact) mass is 493 g/mol. The van der Waals surface area contributed by atoms with Crippen LogP contribution in [0.15, 0.2) is 62.3 Å². The number of hydrogen-bond donors (Lipinski definition) is 1. The van der Waals surface area contributed by atoms with E-state index < -0.39 is 4.92 Å². The van der Waals surface area contributed by atoms with Gasteiger partial charge in [0, 0.05) is 28.5 Å². The summed E-state index contributed by atoms with van der Waals surface area (Å²) in [6, 6.07) is 13.7. The zero-order valence-electron chi connectivity index (χ0n) is 16.1. The number of nitrogens with zero attached hydrogens (tertiary/aromatic N) is 4. The standard InChI is InChI=1S/C19H16ClN5O3S3/c1-12(13-6-4-7-15(9-13)25(27)28)21-22-17(26)11-30-19-24-23-18(31-19)29-10-14-5-2-3-8-16(14)20/h2-9H,10-11H2,1H3,(H,22,26). The molecular formula is C19H16ClN5O3S3. The number of non-ortho nitro benzene ring substituents is 1. The number of nitro groups is 1. The number of hydrogen-bond acceptors (Lipinski definition) is 9. The van der Waals surface area contributed by atoms with Crippen molar-refractivity contribution in [2.45, 2.75) is 21.4 Å². The number of carbonyl (C=O) groups is 1. The Morgan fingerprint density at radius 1 is 1.19 bits per heavy atom. The largest absolute Gasteiger partial charge is 0.272 e. The molecule has 0 saturated heterocycles. The number of aromatic nitrogens is 2. The predicted molar refractivity (Wildman–Crippen MR) is 125 cm³/mol. The van der Waals surface area contributed by atoms with Gasteiger partial charge in [0.2, 0.25) is 0 Å². The third-order valence-electron chi connectivity index (χ3n) is 3.85. The minimum absolute atomic E-state index is 0.0339. The first-order valence-electron chi connectivity index (χ1n) is 8.83. The summed E-state index contributed by atoms with van der Waals surface area (Å²) in [4.78, 5) is 22.5. The van der Waals surface area contributed by atoms with E-state index in [0.717, 1.165) is 9.90 Å². The van der Waals surface area contributed by atoms with Gasteiger partial charge in [-0.2, -0.15) is 5.10 Å². The lowest BCUT2D eigenvalue weighted by Gasteiger charge is -2.02. The van der Waals surface area contributed by atoms with Crippen LogP contribution in [-0.2, 0) is 10.5 Å². The summed E-state index contributed by atoms with van der Waals surface area (Å²) in [5.41, 5.74) is 4.47. The molecule has 0 unspecified atom stereocenters. The maximum absolute atomic E-state index is 12.1. The van der Waals surface area contributed by atoms with Crippen LogP contribution in [0.3, 0.4) is 0 Å². The molecule has 1 heterocycles. The maximum Gasteiger partial charge on any atom is 0.270 e. The number of nitro benzene ring substituents is 1. The molecule has 1 amide bonds. The van der Waals surface area contributed by atoms with Gasteiger partial charge in [-0.25, -0.2) is 5.43 Å². The lowest BCUT2D eigenvalue weighted by atomic mass is 10.1. The molecule has 3 rings (SSSR count). The smallest absolute Gasteiger partial charge is 0.270 e. The number of hydrazone groups is 1. The molecule has 1 N–H and O–H groups in total. The fourth-order valence-electron chi connectivity index (χ4n) is 2.28. The van der Waals surface area contributed by atoms with Gasteiger partial charge in [0.05, 0.1) is 16.4 Å². The third kappa shape index (κ3) is 7.03. The zero-order valence-corrected chi connectivity index (χ0v) is 19.4. The Balaban J connectivity index is 1.47. The minimum atomic E-state index is -0.477. The van der Waals surface area contributed by atoms with Crippen LogP contribution in [0.1, 0.15) is 18.1 Å². The highest BCUT2D eigenvalue weighted by Gasteiger charge is 2.11. The summed E-state index contributed by atoms with van der Waals surface area (Å²) in [6.45, 7) is 1.67. The second kappa shape index (κ2) is 11.2. The highest BCUT2D eigenvalue weighted by atomic mass is 35.5. The summed E-state index contributed by atoms with van der Waals surface area (Å²) in [5, 5.41) is 23.8. The molecule has 0 bridgehead atoms. The van der Waals surface area contributed by atoms with Gasteiger partial charge in [0.1, 0.15) is 0 Å². The van der Waals surface area contributed by atoms with Gasteiger partial charge in [-0.3, -0.25) is 14.9 Å². The molecule has 8 nitrogen and oxygen atoms in total. The highest BCUT2D eigenvalue weighted by Crippen LogP contribution is 2.32. The molecule has 0 spiro atoms. The Hall–Kier alpha value is -2.47. The van der Waals surface area contributed by atoms with Crippen molar-refractivity contribution in [2.75, 3.05) is 5.75 Å². The summed E-state index contributed by atoms with van der Waals surface area (Å²) >= 11 is 10.4. The summed E-state index contributed by atoms with van der Waals surface area (Å²) < 4.78 is 1.47. The first-order chi connectivity index (χ1) is 14.9. The average Bonchev–Trinajstić information content (AvgIpc) is 3.23. The van der Waals surface area contributed by atoms with Gasteiger partial charge in [0.15, 0.2) is 8.68 Å². The Kier molecular flexibility index (Phi) is 8.41. The van der Waals surface area contributed by atoms with E-state index in [1.807, 2.05) is 24.3 Å². The number of halogens is 1. The highest BCUT2D eigenvalue weighted by molar-refractivity contribution is 8.03. The van der Waals surface area contributed by atoms with Crippen molar-refractivity contribution in [3.8, 4) is 0 Å². The SMILES string of the molecule is CC(=NNC(=O)CSc1nnc(SCc2ccccc2Cl)s1)c1cccc([N+](=O)[O-])c1. The van der Waals surface area contributed by atoms with Crippen molar-refractivity contribution in [3.63, 3.8) is 0 Å². The van der Waals surface area contributed by atoms with E-state index >= 15 is 0 Å². The third-order valence-corrected chi connectivity index (χ3v) is 7.45. The van der Waals surface area contributed by atoms with Crippen LogP contribution in [0.2, 0.25) is 5.02 Å².